The van der Waals surface area contributed by atoms with Crippen molar-refractivity contribution in [3.05, 3.63) is 148 Å². The summed E-state index contributed by atoms with van der Waals surface area (Å²) in [7, 11) is 1.45. The first-order valence-electron chi connectivity index (χ1n) is 19.5. The lowest BCUT2D eigenvalue weighted by Gasteiger charge is -2.50. The maximum atomic E-state index is 15.5. The van der Waals surface area contributed by atoms with Gasteiger partial charge in [0, 0.05) is 27.9 Å². The molecule has 3 N–H and O–H groups in total. The summed E-state index contributed by atoms with van der Waals surface area (Å²) in [6.45, 7) is 0. The molecule has 0 radical (unpaired) electrons. The van der Waals surface area contributed by atoms with Crippen molar-refractivity contribution < 1.29 is 46.9 Å². The van der Waals surface area contributed by atoms with E-state index in [0.717, 1.165) is 33.8 Å². The van der Waals surface area contributed by atoms with Crippen LogP contribution in [-0.4, -0.2) is 47.2 Å². The van der Waals surface area contributed by atoms with E-state index in [1.807, 2.05) is 30.3 Å². The van der Waals surface area contributed by atoms with E-state index in [0.29, 0.717) is 22.7 Å². The minimum atomic E-state index is -5.12. The Bertz CT molecular complexity index is 2660. The number of alkyl halides is 3. The molecule has 6 atom stereocenters. The van der Waals surface area contributed by atoms with Crippen LogP contribution in [0.2, 0.25) is 10.0 Å². The van der Waals surface area contributed by atoms with Crippen LogP contribution in [0.3, 0.4) is 0 Å². The summed E-state index contributed by atoms with van der Waals surface area (Å²) in [6, 6.07) is 29.9. The van der Waals surface area contributed by atoms with Crippen LogP contribution >= 0.6 is 23.2 Å². The summed E-state index contributed by atoms with van der Waals surface area (Å²) in [6.07, 6.45) is -3.50. The number of methoxy groups -OCH3 is 1. The largest absolute Gasteiger partial charge is 0.573 e. The lowest BCUT2D eigenvalue weighted by Crippen LogP contribution is -2.53. The normalized spacial score (nSPS) is 24.3. The van der Waals surface area contributed by atoms with Crippen LogP contribution in [0.5, 0.6) is 17.2 Å². The van der Waals surface area contributed by atoms with Crippen LogP contribution in [0.1, 0.15) is 29.9 Å². The highest BCUT2D eigenvalue weighted by Gasteiger charge is 2.71. The topological polar surface area (TPSA) is 138 Å². The number of allylic oxidation sites excluding steroid dienone is 2. The van der Waals surface area contributed by atoms with E-state index in [1.54, 1.807) is 54.6 Å². The maximum absolute atomic E-state index is 15.5. The molecule has 62 heavy (non-hydrogen) atoms. The van der Waals surface area contributed by atoms with Gasteiger partial charge in [-0.25, -0.2) is 0 Å². The number of anilines is 4. The average Bonchev–Trinajstić information content (AvgIpc) is 3.63. The van der Waals surface area contributed by atoms with E-state index >= 15 is 9.59 Å². The molecule has 2 aliphatic carbocycles. The second-order valence-electron chi connectivity index (χ2n) is 15.5. The number of fused-ring (bicyclic) bond motifs is 4. The summed E-state index contributed by atoms with van der Waals surface area (Å²) >= 11 is 12.7. The van der Waals surface area contributed by atoms with Gasteiger partial charge in [-0.3, -0.25) is 29.5 Å². The molecule has 4 amide bonds. The zero-order valence-electron chi connectivity index (χ0n) is 32.5. The molecular weight excluding hydrogens is 848 g/mol. The Morgan fingerprint density at radius 2 is 1.48 bits per heavy atom. The van der Waals surface area contributed by atoms with E-state index in [-0.39, 0.29) is 39.7 Å². The minimum Gasteiger partial charge on any atom is -0.508 e. The van der Waals surface area contributed by atoms with Gasteiger partial charge in [-0.05, 0) is 109 Å². The third-order valence-corrected chi connectivity index (χ3v) is 12.9. The third kappa shape index (κ3) is 6.77. The van der Waals surface area contributed by atoms with Crippen molar-refractivity contribution in [3.63, 3.8) is 0 Å². The molecule has 3 fully saturated rings. The number of halogens is 5. The molecule has 6 unspecified atom stereocenters. The highest BCUT2D eigenvalue weighted by Crippen LogP contribution is 2.65. The number of hydrazine groups is 1. The number of benzene rings is 5. The molecule has 2 heterocycles. The number of phenols is 1. The quantitative estimate of drug-likeness (QED) is 0.0977. The van der Waals surface area contributed by atoms with Crippen molar-refractivity contribution in [2.24, 2.45) is 23.7 Å². The monoisotopic (exact) mass is 882 g/mol. The van der Waals surface area contributed by atoms with Gasteiger partial charge in [0.1, 0.15) is 17.2 Å². The Labute approximate surface area is 362 Å². The number of hydrogen-bond acceptors (Lipinski definition) is 9. The summed E-state index contributed by atoms with van der Waals surface area (Å²) < 4.78 is 51.0. The lowest BCUT2D eigenvalue weighted by molar-refractivity contribution is -0.274. The van der Waals surface area contributed by atoms with Crippen molar-refractivity contribution in [1.29, 1.82) is 0 Å². The molecule has 2 aliphatic heterocycles. The van der Waals surface area contributed by atoms with Gasteiger partial charge < -0.3 is 19.9 Å². The highest BCUT2D eigenvalue weighted by molar-refractivity contribution is 6.36. The van der Waals surface area contributed by atoms with Gasteiger partial charge in [-0.15, -0.1) is 13.2 Å². The molecule has 5 aromatic carbocycles. The summed E-state index contributed by atoms with van der Waals surface area (Å²) in [5.41, 5.74) is 3.44. The fourth-order valence-electron chi connectivity index (χ4n) is 9.79. The van der Waals surface area contributed by atoms with Crippen molar-refractivity contribution in [3.8, 4) is 17.2 Å². The lowest BCUT2D eigenvalue weighted by atomic mass is 9.49. The molecule has 0 aromatic heterocycles. The van der Waals surface area contributed by atoms with E-state index in [9.17, 15) is 27.9 Å². The summed E-state index contributed by atoms with van der Waals surface area (Å²) in [5, 5.41) is 16.1. The summed E-state index contributed by atoms with van der Waals surface area (Å²) in [5.74, 6) is -8.78. The number of nitrogens with zero attached hydrogens (tertiary/aromatic N) is 2. The van der Waals surface area contributed by atoms with Crippen LogP contribution in [0.4, 0.5) is 35.9 Å². The Morgan fingerprint density at radius 1 is 0.790 bits per heavy atom. The first-order valence-corrected chi connectivity index (χ1v) is 20.3. The van der Waals surface area contributed by atoms with Gasteiger partial charge in [0.25, 0.3) is 11.8 Å². The predicted octanol–water partition coefficient (Wildman–Crippen LogP) is 9.54. The molecule has 0 spiro atoms. The smallest absolute Gasteiger partial charge is 0.508 e. The number of carbonyl (C=O) groups excluding carboxylic acids is 4. The van der Waals surface area contributed by atoms with Gasteiger partial charge in [-0.2, -0.15) is 5.01 Å². The van der Waals surface area contributed by atoms with E-state index in [4.69, 9.17) is 27.9 Å². The number of aromatic hydroxyl groups is 1. The number of amides is 4. The van der Waals surface area contributed by atoms with Gasteiger partial charge in [0.15, 0.2) is 0 Å². The molecular formula is C46H35Cl2F3N4O7. The van der Waals surface area contributed by atoms with Crippen LogP contribution in [0.15, 0.2) is 127 Å². The van der Waals surface area contributed by atoms with Crippen molar-refractivity contribution >= 4 is 69.6 Å². The number of carbonyl (C=O) groups is 4. The second-order valence-corrected chi connectivity index (χ2v) is 16.4. The third-order valence-electron chi connectivity index (χ3n) is 12.3. The highest BCUT2D eigenvalue weighted by atomic mass is 35.5. The molecule has 4 aliphatic rings. The number of imide groups is 2. The Kier molecular flexibility index (Phi) is 10.2. The first-order chi connectivity index (χ1) is 29.7. The van der Waals surface area contributed by atoms with Crippen molar-refractivity contribution in [2.45, 2.75) is 30.5 Å². The molecule has 5 aromatic rings. The van der Waals surface area contributed by atoms with E-state index < -0.39 is 76.5 Å². The first kappa shape index (κ1) is 40.9. The molecule has 11 nitrogen and oxygen atoms in total. The molecule has 16 heteroatoms. The zero-order valence-corrected chi connectivity index (χ0v) is 34.0. The molecule has 2 saturated heterocycles. The number of nitrogens with one attached hydrogen (secondary N) is 2. The molecule has 9 rings (SSSR count). The average molecular weight is 884 g/mol. The zero-order chi connectivity index (χ0) is 43.7. The standard InChI is InChI=1S/C46H35Cl2F3N4O7/c1-61-29-14-7-24(8-15-29)45-35(42(58)55(44(45)60)53-37-19-9-25(47)21-36(37)48)23-33-31(40(45)34-22-30(16-20-38(34)56)62-46(49,50)51)17-18-32-39(33)43(59)54(41(32)57)28-12-10-27(11-13-28)52-26-5-3-2-4-6-26/h2-17,19-22,32-33,35,39-40,52-53,56H,18,23H2,1H3. The Balaban J connectivity index is 1.19. The second kappa shape index (κ2) is 15.4. The van der Waals surface area contributed by atoms with E-state index in [2.05, 4.69) is 15.5 Å². The van der Waals surface area contributed by atoms with Gasteiger partial charge >= 0.3 is 6.36 Å². The van der Waals surface area contributed by atoms with Crippen LogP contribution in [-0.2, 0) is 24.6 Å². The fourth-order valence-corrected chi connectivity index (χ4v) is 10.2. The number of para-hydroxylation sites is 1. The van der Waals surface area contributed by atoms with Gasteiger partial charge in [0.05, 0.1) is 46.7 Å². The molecule has 316 valence electrons. The fraction of sp³-hybridized carbons (Fsp3) is 0.217. The van der Waals surface area contributed by atoms with Crippen LogP contribution < -0.4 is 25.1 Å². The number of rotatable bonds is 9. The number of hydrogen-bond donors (Lipinski definition) is 3. The van der Waals surface area contributed by atoms with Gasteiger partial charge in [-0.1, -0.05) is 65.2 Å². The SMILES string of the molecule is COc1ccc(C23C(=O)N(Nc4ccc(Cl)cc4Cl)C(=O)C2CC2C(=CCC4C(=O)N(c5ccc(Nc6ccccc6)cc5)C(=O)C42)C3c2cc(OC(F)(F)F)ccc2O)cc1. The van der Waals surface area contributed by atoms with E-state index in [1.165, 1.54) is 25.3 Å². The minimum absolute atomic E-state index is 0.0229. The molecule has 1 saturated carbocycles. The molecule has 0 bridgehead atoms. The number of phenolic OH excluding ortho intramolecular Hbond substituents is 1. The van der Waals surface area contributed by atoms with Gasteiger partial charge in [0.2, 0.25) is 11.8 Å². The Hall–Kier alpha value is -6.51. The Morgan fingerprint density at radius 3 is 2.16 bits per heavy atom. The number of ether oxygens (including phenoxy) is 2. The van der Waals surface area contributed by atoms with Crippen LogP contribution in [0, 0.1) is 23.7 Å². The van der Waals surface area contributed by atoms with Crippen molar-refractivity contribution in [2.75, 3.05) is 22.8 Å². The summed E-state index contributed by atoms with van der Waals surface area (Å²) in [4.78, 5) is 60.8. The maximum Gasteiger partial charge on any atom is 0.573 e. The predicted molar refractivity (Wildman–Crippen MR) is 224 cm³/mol. The van der Waals surface area contributed by atoms with Crippen molar-refractivity contribution in [1.82, 2.24) is 5.01 Å². The van der Waals surface area contributed by atoms with Crippen LogP contribution in [0.25, 0.3) is 0 Å².